The number of nitro groups is 1. The molecule has 0 heterocycles. The quantitative estimate of drug-likeness (QED) is 0.210. The lowest BCUT2D eigenvalue weighted by Gasteiger charge is -1.96. The highest BCUT2D eigenvalue weighted by atomic mass is 16.6. The van der Waals surface area contributed by atoms with Crippen molar-refractivity contribution < 1.29 is 10.0 Å². The van der Waals surface area contributed by atoms with Gasteiger partial charge in [-0.3, -0.25) is 10.1 Å². The highest BCUT2D eigenvalue weighted by molar-refractivity contribution is 5.68. The average Bonchev–Trinajstić information content (AvgIpc) is 1.27. The summed E-state index contributed by atoms with van der Waals surface area (Å²) < 4.78 is 0. The molecule has 0 aliphatic rings. The first-order valence-corrected chi connectivity index (χ1v) is 1.49. The van der Waals surface area contributed by atoms with E-state index >= 15 is 0 Å². The van der Waals surface area contributed by atoms with E-state index < -0.39 is 17.4 Å². The zero-order valence-electron chi connectivity index (χ0n) is 4.38. The van der Waals surface area contributed by atoms with Crippen LogP contribution >= 0.6 is 0 Å². The normalized spacial score (nSPS) is 7.00. The average molecular weight is 121 g/mol. The first-order valence-electron chi connectivity index (χ1n) is 1.49. The summed E-state index contributed by atoms with van der Waals surface area (Å²) in [4.78, 5) is 8.44. The molecule has 0 fully saturated rings. The zero-order valence-corrected chi connectivity index (χ0v) is 4.38. The molecule has 0 saturated heterocycles. The van der Waals surface area contributed by atoms with Crippen molar-refractivity contribution in [2.45, 2.75) is 0 Å². The van der Waals surface area contributed by atoms with Crippen molar-refractivity contribution >= 4 is 5.90 Å². The second-order valence-electron chi connectivity index (χ2n) is 0.914. The predicted molar refractivity (Wildman–Crippen MR) is 25.6 cm³/mol. The molecule has 6 nitrogen and oxygen atoms in total. The number of hydrogen-bond donors (Lipinski definition) is 2. The van der Waals surface area contributed by atoms with Crippen molar-refractivity contribution in [3.63, 3.8) is 0 Å². The Balaban J connectivity index is 0. The van der Waals surface area contributed by atoms with Gasteiger partial charge in [0.05, 0.1) is 0 Å². The summed E-state index contributed by atoms with van der Waals surface area (Å²) in [5, 5.41) is 24.8. The molecule has 8 heavy (non-hydrogen) atoms. The van der Waals surface area contributed by atoms with Crippen LogP contribution in [0.1, 0.15) is 0 Å². The molecule has 0 unspecified atom stereocenters. The van der Waals surface area contributed by atoms with E-state index in [1.54, 1.807) is 0 Å². The van der Waals surface area contributed by atoms with Crippen LogP contribution in [0.25, 0.3) is 0 Å². The second kappa shape index (κ2) is 4.00. The monoisotopic (exact) mass is 121 g/mol. The molecule has 5 N–H and O–H groups in total. The van der Waals surface area contributed by atoms with E-state index in [1.165, 1.54) is 0 Å². The molecular weight excluding hydrogens is 114 g/mol. The zero-order chi connectivity index (χ0) is 5.86. The minimum atomic E-state index is -1.16. The van der Waals surface area contributed by atoms with Crippen LogP contribution in [0.15, 0.2) is 0 Å². The topological polar surface area (TPSA) is 127 Å². The van der Waals surface area contributed by atoms with Gasteiger partial charge in [-0.25, -0.2) is 0 Å². The number of nitrogens with one attached hydrogen (secondary N) is 1. The van der Waals surface area contributed by atoms with Gasteiger partial charge in [0.25, 0.3) is 0 Å². The fraction of sp³-hybridized carbons (Fsp3) is 0.500. The van der Waals surface area contributed by atoms with Gasteiger partial charge >= 0.3 is 0 Å². The first-order chi connectivity index (χ1) is 3.13. The van der Waals surface area contributed by atoms with Crippen molar-refractivity contribution in [3.05, 3.63) is 10.1 Å². The standard InChI is InChI=1S/C2H4N2O3.H3N/c3-2(5)1-4(6)7;/h1H2,(H2,3,5);1H3. The Hall–Kier alpha value is -1.17. The summed E-state index contributed by atoms with van der Waals surface area (Å²) >= 11 is 0. The molecule has 0 radical (unpaired) electrons. The lowest BCUT2D eigenvalue weighted by atomic mass is 10.7. The molecule has 0 bridgehead atoms. The summed E-state index contributed by atoms with van der Waals surface area (Å²) in [7, 11) is 0. The van der Waals surface area contributed by atoms with E-state index in [1.807, 2.05) is 0 Å². The van der Waals surface area contributed by atoms with Crippen LogP contribution in [0.4, 0.5) is 0 Å². The van der Waals surface area contributed by atoms with E-state index in [0.717, 1.165) is 0 Å². The minimum Gasteiger partial charge on any atom is -0.858 e. The molecule has 0 amide bonds. The van der Waals surface area contributed by atoms with Crippen molar-refractivity contribution in [3.8, 4) is 0 Å². The molecule has 0 rings (SSSR count). The third-order valence-corrected chi connectivity index (χ3v) is 0.273. The lowest BCUT2D eigenvalue weighted by Crippen LogP contribution is -2.24. The van der Waals surface area contributed by atoms with Crippen molar-refractivity contribution in [1.82, 2.24) is 6.15 Å². The van der Waals surface area contributed by atoms with E-state index in [-0.39, 0.29) is 6.15 Å². The molecule has 0 aliphatic heterocycles. The number of quaternary nitrogens is 1. The maximum atomic E-state index is 9.48. The van der Waals surface area contributed by atoms with Crippen molar-refractivity contribution in [2.75, 3.05) is 6.54 Å². The predicted octanol–water partition coefficient (Wildman–Crippen LogP) is -1.02. The molecule has 0 aromatic heterocycles. The third-order valence-electron chi connectivity index (χ3n) is 0.273. The second-order valence-corrected chi connectivity index (χ2v) is 0.914. The smallest absolute Gasteiger partial charge is 0.231 e. The summed E-state index contributed by atoms with van der Waals surface area (Å²) in [5.74, 6) is -1.16. The van der Waals surface area contributed by atoms with Crippen molar-refractivity contribution in [1.29, 1.82) is 5.41 Å². The van der Waals surface area contributed by atoms with Gasteiger partial charge in [0.15, 0.2) is 0 Å². The van der Waals surface area contributed by atoms with Crippen LogP contribution in [0.3, 0.4) is 0 Å². The molecule has 0 aromatic carbocycles. The summed E-state index contributed by atoms with van der Waals surface area (Å²) in [6.45, 7) is -0.889. The maximum Gasteiger partial charge on any atom is 0.231 e. The number of hydrogen-bond acceptors (Lipinski definition) is 4. The molecule has 0 spiro atoms. The van der Waals surface area contributed by atoms with Crippen LogP contribution in [0, 0.1) is 15.5 Å². The number of rotatable bonds is 2. The van der Waals surface area contributed by atoms with E-state index in [9.17, 15) is 15.2 Å². The Morgan fingerprint density at radius 2 is 2.12 bits per heavy atom. The van der Waals surface area contributed by atoms with Crippen LogP contribution in [0.2, 0.25) is 0 Å². The molecule has 0 aromatic rings. The van der Waals surface area contributed by atoms with Gasteiger partial charge in [-0.15, -0.1) is 0 Å². The summed E-state index contributed by atoms with van der Waals surface area (Å²) in [5.41, 5.74) is 0. The van der Waals surface area contributed by atoms with E-state index in [0.29, 0.717) is 0 Å². The third kappa shape index (κ3) is 8.85. The molecule has 0 aliphatic carbocycles. The summed E-state index contributed by atoms with van der Waals surface area (Å²) in [6.07, 6.45) is 0. The molecule has 0 atom stereocenters. The van der Waals surface area contributed by atoms with Gasteiger partial charge in [-0.2, -0.15) is 0 Å². The van der Waals surface area contributed by atoms with E-state index in [4.69, 9.17) is 5.41 Å². The van der Waals surface area contributed by atoms with Gasteiger partial charge in [0, 0.05) is 10.8 Å². The van der Waals surface area contributed by atoms with Gasteiger partial charge in [-0.1, -0.05) is 0 Å². The fourth-order valence-corrected chi connectivity index (χ4v) is 0.117. The van der Waals surface area contributed by atoms with Crippen LogP contribution in [-0.4, -0.2) is 17.4 Å². The lowest BCUT2D eigenvalue weighted by molar-refractivity contribution is -0.474. The largest absolute Gasteiger partial charge is 0.858 e. The van der Waals surface area contributed by atoms with Gasteiger partial charge in [-0.05, 0) is 0 Å². The van der Waals surface area contributed by atoms with Crippen LogP contribution < -0.4 is 11.3 Å². The molecule has 0 saturated carbocycles. The molecular formula is C2H7N3O3. The Morgan fingerprint density at radius 3 is 2.12 bits per heavy atom. The molecule has 48 valence electrons. The summed E-state index contributed by atoms with van der Waals surface area (Å²) in [6, 6.07) is 0. The highest BCUT2D eigenvalue weighted by Gasteiger charge is 1.89. The number of nitrogens with zero attached hydrogens (tertiary/aromatic N) is 1. The van der Waals surface area contributed by atoms with Gasteiger partial charge < -0.3 is 16.7 Å². The Kier molecular flexibility index (Phi) is 4.98. The van der Waals surface area contributed by atoms with E-state index in [2.05, 4.69) is 0 Å². The van der Waals surface area contributed by atoms with Crippen molar-refractivity contribution in [2.24, 2.45) is 0 Å². The fourth-order valence-electron chi connectivity index (χ4n) is 0.117. The SMILES string of the molecule is N=C([O-])C[N+](=O)[O-].[NH4+]. The van der Waals surface area contributed by atoms with Crippen LogP contribution in [0.5, 0.6) is 0 Å². The Bertz CT molecular complexity index is 88.7. The Morgan fingerprint density at radius 1 is 1.75 bits per heavy atom. The first kappa shape index (κ1) is 9.95. The molecule has 6 heteroatoms. The maximum absolute atomic E-state index is 9.48. The van der Waals surface area contributed by atoms with Gasteiger partial charge in [0.2, 0.25) is 6.54 Å². The highest BCUT2D eigenvalue weighted by Crippen LogP contribution is 1.62. The Labute approximate surface area is 45.4 Å². The minimum absolute atomic E-state index is 0. The van der Waals surface area contributed by atoms with Crippen LogP contribution in [-0.2, 0) is 0 Å². The van der Waals surface area contributed by atoms with Gasteiger partial charge in [0.1, 0.15) is 0 Å².